The van der Waals surface area contributed by atoms with Crippen LogP contribution in [0.15, 0.2) is 48.5 Å². The monoisotopic (exact) mass is 492 g/mol. The van der Waals surface area contributed by atoms with E-state index >= 15 is 0 Å². The van der Waals surface area contributed by atoms with Crippen LogP contribution in [-0.4, -0.2) is 48.4 Å². The Morgan fingerprint density at radius 2 is 1.54 bits per heavy atom. The third-order valence-electron chi connectivity index (χ3n) is 6.03. The molecule has 35 heavy (non-hydrogen) atoms. The van der Waals surface area contributed by atoms with Crippen molar-refractivity contribution in [2.45, 2.75) is 38.4 Å². The average Bonchev–Trinajstić information content (AvgIpc) is 3.10. The number of carboxylic acid groups (broad SMARTS) is 1. The van der Waals surface area contributed by atoms with Crippen molar-refractivity contribution in [3.63, 3.8) is 0 Å². The number of alkyl carbamates (subject to hydrolysis) is 1. The molecule has 10 heteroatoms. The number of halogens is 3. The minimum Gasteiger partial charge on any atom is -0.481 e. The molecule has 0 spiro atoms. The van der Waals surface area contributed by atoms with Gasteiger partial charge in [0.15, 0.2) is 5.92 Å². The number of ether oxygens (including phenoxy) is 1. The molecule has 0 radical (unpaired) electrons. The SMILES string of the molecule is CC(C)[C@@H](CC(=O)O)NC(=O)C(CNC(=O)OCC1c2ccccc2-c2ccccc21)C(F)(F)F. The molecular formula is C25H27F3N2O5. The topological polar surface area (TPSA) is 105 Å². The third kappa shape index (κ3) is 6.32. The molecule has 2 atom stereocenters. The van der Waals surface area contributed by atoms with E-state index in [0.717, 1.165) is 22.3 Å². The van der Waals surface area contributed by atoms with Crippen molar-refractivity contribution in [3.05, 3.63) is 59.7 Å². The summed E-state index contributed by atoms with van der Waals surface area (Å²) in [6.45, 7) is 2.05. The third-order valence-corrected chi connectivity index (χ3v) is 6.03. The lowest BCUT2D eigenvalue weighted by molar-refractivity contribution is -0.181. The number of fused-ring (bicyclic) bond motifs is 3. The zero-order valence-electron chi connectivity index (χ0n) is 19.3. The quantitative estimate of drug-likeness (QED) is 0.484. The normalized spacial score (nSPS) is 14.6. The minimum absolute atomic E-state index is 0.0865. The van der Waals surface area contributed by atoms with Crippen molar-refractivity contribution in [1.29, 1.82) is 0 Å². The number of amides is 2. The number of aliphatic carboxylic acids is 1. The fraction of sp³-hybridized carbons (Fsp3) is 0.400. The summed E-state index contributed by atoms with van der Waals surface area (Å²) in [5.74, 6) is -5.88. The maximum absolute atomic E-state index is 13.5. The Morgan fingerprint density at radius 3 is 2.03 bits per heavy atom. The zero-order chi connectivity index (χ0) is 25.8. The van der Waals surface area contributed by atoms with Crippen LogP contribution < -0.4 is 10.6 Å². The van der Waals surface area contributed by atoms with Gasteiger partial charge in [0.25, 0.3) is 0 Å². The van der Waals surface area contributed by atoms with Crippen molar-refractivity contribution < 1.29 is 37.4 Å². The molecule has 3 N–H and O–H groups in total. The van der Waals surface area contributed by atoms with E-state index in [1.165, 1.54) is 0 Å². The van der Waals surface area contributed by atoms with Crippen molar-refractivity contribution in [1.82, 2.24) is 10.6 Å². The first-order valence-corrected chi connectivity index (χ1v) is 11.2. The fourth-order valence-corrected chi connectivity index (χ4v) is 4.12. The highest BCUT2D eigenvalue weighted by molar-refractivity contribution is 5.82. The number of alkyl halides is 3. The van der Waals surface area contributed by atoms with E-state index in [4.69, 9.17) is 9.84 Å². The van der Waals surface area contributed by atoms with Gasteiger partial charge in [-0.1, -0.05) is 62.4 Å². The molecule has 0 saturated carbocycles. The molecule has 0 aromatic heterocycles. The summed E-state index contributed by atoms with van der Waals surface area (Å²) in [5.41, 5.74) is 3.92. The lowest BCUT2D eigenvalue weighted by atomic mass is 9.98. The molecule has 3 rings (SSSR count). The molecule has 0 heterocycles. The lowest BCUT2D eigenvalue weighted by Crippen LogP contribution is -2.50. The van der Waals surface area contributed by atoms with Crippen LogP contribution in [0.2, 0.25) is 0 Å². The first-order chi connectivity index (χ1) is 16.5. The predicted molar refractivity (Wildman–Crippen MR) is 122 cm³/mol. The van der Waals surface area contributed by atoms with Crippen LogP contribution in [-0.2, 0) is 14.3 Å². The summed E-state index contributed by atoms with van der Waals surface area (Å²) in [5, 5.41) is 13.1. The van der Waals surface area contributed by atoms with Gasteiger partial charge in [0.1, 0.15) is 6.61 Å². The van der Waals surface area contributed by atoms with Gasteiger partial charge < -0.3 is 20.5 Å². The van der Waals surface area contributed by atoms with Gasteiger partial charge in [-0.25, -0.2) is 4.79 Å². The van der Waals surface area contributed by atoms with E-state index in [1.807, 2.05) is 53.8 Å². The number of carbonyl (C=O) groups is 3. The number of carboxylic acids is 1. The standard InChI is InChI=1S/C25H27F3N2O5/c1-14(2)21(11-22(31)32)30-23(33)20(25(26,27)28)12-29-24(34)35-13-19-17-9-5-3-7-15(17)16-8-4-6-10-18(16)19/h3-10,14,19-21H,11-13H2,1-2H3,(H,29,34)(H,30,33)(H,31,32)/t20?,21-/m1/s1. The van der Waals surface area contributed by atoms with E-state index in [-0.39, 0.29) is 12.5 Å². The second kappa shape index (κ2) is 10.8. The minimum atomic E-state index is -4.95. The molecule has 7 nitrogen and oxygen atoms in total. The molecule has 1 aliphatic rings. The van der Waals surface area contributed by atoms with E-state index in [0.29, 0.717) is 0 Å². The Kier molecular flexibility index (Phi) is 8.03. The summed E-state index contributed by atoms with van der Waals surface area (Å²) < 4.78 is 45.8. The number of carbonyl (C=O) groups excluding carboxylic acids is 2. The number of nitrogens with one attached hydrogen (secondary N) is 2. The van der Waals surface area contributed by atoms with Crippen molar-refractivity contribution >= 4 is 18.0 Å². The van der Waals surface area contributed by atoms with Crippen LogP contribution in [0.3, 0.4) is 0 Å². The summed E-state index contributed by atoms with van der Waals surface area (Å²) in [6, 6.07) is 14.3. The van der Waals surface area contributed by atoms with E-state index in [2.05, 4.69) is 5.32 Å². The van der Waals surface area contributed by atoms with Crippen LogP contribution in [0.5, 0.6) is 0 Å². The molecule has 1 unspecified atom stereocenters. The number of hydrogen-bond acceptors (Lipinski definition) is 4. The van der Waals surface area contributed by atoms with Crippen molar-refractivity contribution in [2.75, 3.05) is 13.2 Å². The summed E-state index contributed by atoms with van der Waals surface area (Å²) in [6.07, 6.45) is -6.56. The van der Waals surface area contributed by atoms with Gasteiger partial charge in [0.2, 0.25) is 5.91 Å². The lowest BCUT2D eigenvalue weighted by Gasteiger charge is -2.25. The Hall–Kier alpha value is -3.56. The first kappa shape index (κ1) is 26.1. The smallest absolute Gasteiger partial charge is 0.407 e. The van der Waals surface area contributed by atoms with Gasteiger partial charge in [-0.05, 0) is 28.2 Å². The van der Waals surface area contributed by atoms with Gasteiger partial charge in [-0.15, -0.1) is 0 Å². The van der Waals surface area contributed by atoms with Crippen molar-refractivity contribution in [3.8, 4) is 11.1 Å². The average molecular weight is 492 g/mol. The van der Waals surface area contributed by atoms with Crippen LogP contribution in [0.1, 0.15) is 37.3 Å². The van der Waals surface area contributed by atoms with Gasteiger partial charge in [0.05, 0.1) is 6.42 Å². The van der Waals surface area contributed by atoms with E-state index in [1.54, 1.807) is 13.8 Å². The van der Waals surface area contributed by atoms with Crippen LogP contribution >= 0.6 is 0 Å². The largest absolute Gasteiger partial charge is 0.481 e. The molecule has 0 bridgehead atoms. The second-order valence-corrected chi connectivity index (χ2v) is 8.76. The molecule has 0 fully saturated rings. The molecule has 1 aliphatic carbocycles. The highest BCUT2D eigenvalue weighted by Crippen LogP contribution is 2.44. The maximum atomic E-state index is 13.5. The van der Waals surface area contributed by atoms with Crippen molar-refractivity contribution in [2.24, 2.45) is 11.8 Å². The molecule has 0 aliphatic heterocycles. The Labute approximate surface area is 200 Å². The maximum Gasteiger partial charge on any atom is 0.407 e. The highest BCUT2D eigenvalue weighted by Gasteiger charge is 2.45. The van der Waals surface area contributed by atoms with Crippen LogP contribution in [0.25, 0.3) is 11.1 Å². The van der Waals surface area contributed by atoms with Crippen LogP contribution in [0.4, 0.5) is 18.0 Å². The van der Waals surface area contributed by atoms with Gasteiger partial charge in [-0.3, -0.25) is 9.59 Å². The molecule has 188 valence electrons. The summed E-state index contributed by atoms with van der Waals surface area (Å²) in [7, 11) is 0. The van der Waals surface area contributed by atoms with Gasteiger partial charge in [0, 0.05) is 18.5 Å². The molecular weight excluding hydrogens is 465 g/mol. The number of hydrogen-bond donors (Lipinski definition) is 3. The molecule has 2 aromatic rings. The number of rotatable bonds is 9. The Bertz CT molecular complexity index is 1040. The number of benzene rings is 2. The zero-order valence-corrected chi connectivity index (χ0v) is 19.3. The van der Waals surface area contributed by atoms with E-state index in [9.17, 15) is 27.6 Å². The molecule has 2 aromatic carbocycles. The Morgan fingerprint density at radius 1 is 1.00 bits per heavy atom. The predicted octanol–water partition coefficient (Wildman–Crippen LogP) is 4.32. The van der Waals surface area contributed by atoms with Crippen LogP contribution in [0, 0.1) is 11.8 Å². The fourth-order valence-electron chi connectivity index (χ4n) is 4.12. The summed E-state index contributed by atoms with van der Waals surface area (Å²) in [4.78, 5) is 35.5. The Balaban J connectivity index is 1.62. The van der Waals surface area contributed by atoms with E-state index < -0.39 is 55.0 Å². The highest BCUT2D eigenvalue weighted by atomic mass is 19.4. The van der Waals surface area contributed by atoms with Gasteiger partial charge >= 0.3 is 18.2 Å². The molecule has 2 amide bonds. The molecule has 0 saturated heterocycles. The summed E-state index contributed by atoms with van der Waals surface area (Å²) >= 11 is 0. The van der Waals surface area contributed by atoms with Gasteiger partial charge in [-0.2, -0.15) is 13.2 Å². The second-order valence-electron chi connectivity index (χ2n) is 8.76. The first-order valence-electron chi connectivity index (χ1n) is 11.2.